The number of fused-ring (bicyclic) bond motifs is 1. The molecule has 0 spiro atoms. The first-order chi connectivity index (χ1) is 10.5. The molecular weight excluding hydrogens is 278 g/mol. The van der Waals surface area contributed by atoms with Crippen molar-refractivity contribution < 1.29 is 9.47 Å². The molecule has 0 radical (unpaired) electrons. The molecular formula is C17H27N3O2. The zero-order chi connectivity index (χ0) is 16.0. The lowest BCUT2D eigenvalue weighted by atomic mass is 9.92. The van der Waals surface area contributed by atoms with E-state index in [0.717, 1.165) is 42.5 Å². The van der Waals surface area contributed by atoms with Crippen molar-refractivity contribution >= 4 is 5.96 Å². The van der Waals surface area contributed by atoms with E-state index in [-0.39, 0.29) is 0 Å². The molecule has 0 amide bonds. The molecule has 0 unspecified atom stereocenters. The normalized spacial score (nSPS) is 14.1. The van der Waals surface area contributed by atoms with Crippen molar-refractivity contribution in [3.8, 4) is 11.5 Å². The summed E-state index contributed by atoms with van der Waals surface area (Å²) in [6.07, 6.45) is 1.10. The van der Waals surface area contributed by atoms with Gasteiger partial charge in [0.25, 0.3) is 0 Å². The van der Waals surface area contributed by atoms with Crippen molar-refractivity contribution in [2.45, 2.75) is 40.7 Å². The summed E-state index contributed by atoms with van der Waals surface area (Å²) in [4.78, 5) is 4.63. The molecule has 0 atom stereocenters. The molecule has 1 heterocycles. The van der Waals surface area contributed by atoms with E-state index in [4.69, 9.17) is 9.47 Å². The van der Waals surface area contributed by atoms with E-state index in [0.29, 0.717) is 18.8 Å². The van der Waals surface area contributed by atoms with Crippen LogP contribution in [0.15, 0.2) is 23.2 Å². The molecule has 1 aliphatic rings. The van der Waals surface area contributed by atoms with Crippen LogP contribution in [-0.2, 0) is 6.54 Å². The third-order valence-electron chi connectivity index (χ3n) is 3.37. The number of ether oxygens (including phenoxy) is 2. The molecule has 0 aromatic heterocycles. The number of aliphatic imine (C=N–C) groups is 1. The lowest BCUT2D eigenvalue weighted by molar-refractivity contribution is 0.174. The predicted octanol–water partition coefficient (Wildman–Crippen LogP) is 2.91. The Hall–Kier alpha value is -1.91. The van der Waals surface area contributed by atoms with Crippen molar-refractivity contribution in [3.63, 3.8) is 0 Å². The topological polar surface area (TPSA) is 54.9 Å². The highest BCUT2D eigenvalue weighted by atomic mass is 16.7. The van der Waals surface area contributed by atoms with Crippen LogP contribution in [0.5, 0.6) is 11.5 Å². The number of rotatable bonds is 5. The molecule has 0 bridgehead atoms. The molecule has 5 heteroatoms. The number of benzene rings is 1. The molecule has 0 saturated heterocycles. The summed E-state index contributed by atoms with van der Waals surface area (Å²) in [6, 6.07) is 5.95. The standard InChI is InChI=1S/C17H27N3O2/c1-5-18-16(19-9-8-17(2,3)4)20-11-13-6-7-14-15(10-13)22-12-21-14/h6-7,10H,5,8-9,11-12H2,1-4H3,(H2,18,19,20). The van der Waals surface area contributed by atoms with Gasteiger partial charge in [-0.3, -0.25) is 0 Å². The van der Waals surface area contributed by atoms with E-state index < -0.39 is 0 Å². The van der Waals surface area contributed by atoms with Gasteiger partial charge in [-0.25, -0.2) is 4.99 Å². The number of guanidine groups is 1. The Morgan fingerprint density at radius 3 is 2.68 bits per heavy atom. The van der Waals surface area contributed by atoms with Gasteiger partial charge in [-0.15, -0.1) is 0 Å². The summed E-state index contributed by atoms with van der Waals surface area (Å²) in [6.45, 7) is 11.5. The van der Waals surface area contributed by atoms with E-state index >= 15 is 0 Å². The summed E-state index contributed by atoms with van der Waals surface area (Å²) in [7, 11) is 0. The van der Waals surface area contributed by atoms with Gasteiger partial charge in [0.05, 0.1) is 6.54 Å². The Labute approximate surface area is 133 Å². The number of nitrogens with zero attached hydrogens (tertiary/aromatic N) is 1. The van der Waals surface area contributed by atoms with Gasteiger partial charge in [0.2, 0.25) is 6.79 Å². The van der Waals surface area contributed by atoms with E-state index in [2.05, 4.69) is 43.3 Å². The number of nitrogens with one attached hydrogen (secondary N) is 2. The summed E-state index contributed by atoms with van der Waals surface area (Å²) in [5.41, 5.74) is 1.43. The summed E-state index contributed by atoms with van der Waals surface area (Å²) in [5, 5.41) is 6.66. The van der Waals surface area contributed by atoms with Crippen molar-refractivity contribution in [3.05, 3.63) is 23.8 Å². The lowest BCUT2D eigenvalue weighted by Crippen LogP contribution is -2.38. The van der Waals surface area contributed by atoms with Crippen LogP contribution in [0.2, 0.25) is 0 Å². The molecule has 2 rings (SSSR count). The number of hydrogen-bond acceptors (Lipinski definition) is 3. The quantitative estimate of drug-likeness (QED) is 0.649. The molecule has 22 heavy (non-hydrogen) atoms. The van der Waals surface area contributed by atoms with Crippen LogP contribution in [-0.4, -0.2) is 25.8 Å². The van der Waals surface area contributed by atoms with Gasteiger partial charge in [-0.2, -0.15) is 0 Å². The van der Waals surface area contributed by atoms with Crippen molar-refractivity contribution in [2.75, 3.05) is 19.9 Å². The highest BCUT2D eigenvalue weighted by molar-refractivity contribution is 5.79. The fourth-order valence-electron chi connectivity index (χ4n) is 2.11. The second kappa shape index (κ2) is 7.38. The maximum atomic E-state index is 5.39. The lowest BCUT2D eigenvalue weighted by Gasteiger charge is -2.19. The fourth-order valence-corrected chi connectivity index (χ4v) is 2.11. The first-order valence-corrected chi connectivity index (χ1v) is 7.88. The van der Waals surface area contributed by atoms with E-state index in [1.54, 1.807) is 0 Å². The van der Waals surface area contributed by atoms with Crippen LogP contribution < -0.4 is 20.1 Å². The van der Waals surface area contributed by atoms with Crippen LogP contribution >= 0.6 is 0 Å². The Balaban J connectivity index is 1.91. The molecule has 1 aromatic carbocycles. The smallest absolute Gasteiger partial charge is 0.231 e. The van der Waals surface area contributed by atoms with Gasteiger partial charge in [0.15, 0.2) is 17.5 Å². The van der Waals surface area contributed by atoms with Crippen LogP contribution in [0.25, 0.3) is 0 Å². The van der Waals surface area contributed by atoms with Gasteiger partial charge in [0, 0.05) is 13.1 Å². The van der Waals surface area contributed by atoms with E-state index in [1.165, 1.54) is 0 Å². The average Bonchev–Trinajstić information content (AvgIpc) is 2.91. The van der Waals surface area contributed by atoms with Gasteiger partial charge in [-0.1, -0.05) is 26.8 Å². The molecule has 0 fully saturated rings. The Kier molecular flexibility index (Phi) is 5.52. The molecule has 1 aliphatic heterocycles. The molecule has 0 aliphatic carbocycles. The first kappa shape index (κ1) is 16.5. The predicted molar refractivity (Wildman–Crippen MR) is 89.5 cm³/mol. The van der Waals surface area contributed by atoms with Gasteiger partial charge in [0.1, 0.15) is 0 Å². The minimum atomic E-state index is 0.305. The third kappa shape index (κ3) is 5.13. The SMILES string of the molecule is CCNC(=NCc1ccc2c(c1)OCO2)NCCC(C)(C)C. The average molecular weight is 305 g/mol. The highest BCUT2D eigenvalue weighted by Crippen LogP contribution is 2.32. The maximum Gasteiger partial charge on any atom is 0.231 e. The van der Waals surface area contributed by atoms with Crippen LogP contribution in [0, 0.1) is 5.41 Å². The van der Waals surface area contributed by atoms with Crippen LogP contribution in [0.4, 0.5) is 0 Å². The maximum absolute atomic E-state index is 5.39. The van der Waals surface area contributed by atoms with Crippen LogP contribution in [0.1, 0.15) is 39.7 Å². The minimum absolute atomic E-state index is 0.305. The second-order valence-electron chi connectivity index (χ2n) is 6.62. The minimum Gasteiger partial charge on any atom is -0.454 e. The monoisotopic (exact) mass is 305 g/mol. The van der Waals surface area contributed by atoms with Crippen molar-refractivity contribution in [2.24, 2.45) is 10.4 Å². The zero-order valence-corrected chi connectivity index (χ0v) is 14.0. The van der Waals surface area contributed by atoms with Crippen LogP contribution in [0.3, 0.4) is 0 Å². The highest BCUT2D eigenvalue weighted by Gasteiger charge is 2.13. The second-order valence-corrected chi connectivity index (χ2v) is 6.62. The fraction of sp³-hybridized carbons (Fsp3) is 0.588. The molecule has 5 nitrogen and oxygen atoms in total. The molecule has 0 saturated carbocycles. The van der Waals surface area contributed by atoms with Crippen molar-refractivity contribution in [1.29, 1.82) is 0 Å². The summed E-state index contributed by atoms with van der Waals surface area (Å²) >= 11 is 0. The van der Waals surface area contributed by atoms with E-state index in [1.807, 2.05) is 18.2 Å². The Bertz CT molecular complexity index is 521. The number of hydrogen-bond donors (Lipinski definition) is 2. The Morgan fingerprint density at radius 2 is 1.95 bits per heavy atom. The summed E-state index contributed by atoms with van der Waals surface area (Å²) in [5.74, 6) is 2.46. The summed E-state index contributed by atoms with van der Waals surface area (Å²) < 4.78 is 10.7. The largest absolute Gasteiger partial charge is 0.454 e. The molecule has 2 N–H and O–H groups in total. The first-order valence-electron chi connectivity index (χ1n) is 7.88. The van der Waals surface area contributed by atoms with Gasteiger partial charge >= 0.3 is 0 Å². The zero-order valence-electron chi connectivity index (χ0n) is 14.0. The van der Waals surface area contributed by atoms with Crippen molar-refractivity contribution in [1.82, 2.24) is 10.6 Å². The van der Waals surface area contributed by atoms with E-state index in [9.17, 15) is 0 Å². The third-order valence-corrected chi connectivity index (χ3v) is 3.37. The Morgan fingerprint density at radius 1 is 1.18 bits per heavy atom. The molecule has 1 aromatic rings. The molecule has 122 valence electrons. The van der Waals surface area contributed by atoms with Gasteiger partial charge < -0.3 is 20.1 Å². The van der Waals surface area contributed by atoms with Gasteiger partial charge in [-0.05, 0) is 36.5 Å².